The first-order valence-corrected chi connectivity index (χ1v) is 7.59. The summed E-state index contributed by atoms with van der Waals surface area (Å²) in [6.45, 7) is 2.11. The van der Waals surface area contributed by atoms with E-state index < -0.39 is 10.7 Å². The van der Waals surface area contributed by atoms with Gasteiger partial charge in [-0.25, -0.2) is 4.39 Å². The predicted octanol–water partition coefficient (Wildman–Crippen LogP) is 2.70. The number of anilines is 1. The van der Waals surface area contributed by atoms with Crippen molar-refractivity contribution in [3.05, 3.63) is 70.0 Å². The second-order valence-corrected chi connectivity index (χ2v) is 5.57. The molecule has 0 aromatic heterocycles. The van der Waals surface area contributed by atoms with E-state index in [-0.39, 0.29) is 11.6 Å². The van der Waals surface area contributed by atoms with Crippen molar-refractivity contribution in [3.63, 3.8) is 0 Å². The highest BCUT2D eigenvalue weighted by molar-refractivity contribution is 5.94. The Labute approximate surface area is 138 Å². The summed E-state index contributed by atoms with van der Waals surface area (Å²) in [7, 11) is 0. The molecule has 0 N–H and O–H groups in total. The average molecular weight is 329 g/mol. The number of hydrogen-bond donors (Lipinski definition) is 0. The van der Waals surface area contributed by atoms with E-state index in [0.29, 0.717) is 31.7 Å². The molecule has 1 fully saturated rings. The number of hydrogen-bond acceptors (Lipinski definition) is 4. The van der Waals surface area contributed by atoms with Crippen LogP contribution in [0.15, 0.2) is 48.5 Å². The van der Waals surface area contributed by atoms with Crippen LogP contribution in [0.2, 0.25) is 0 Å². The minimum atomic E-state index is -0.434. The third kappa shape index (κ3) is 3.34. The smallest absolute Gasteiger partial charge is 0.271 e. The summed E-state index contributed by atoms with van der Waals surface area (Å²) in [4.78, 5) is 26.5. The van der Waals surface area contributed by atoms with Gasteiger partial charge in [0.15, 0.2) is 0 Å². The molecule has 0 unspecified atom stereocenters. The summed E-state index contributed by atoms with van der Waals surface area (Å²) < 4.78 is 13.2. The molecule has 7 heteroatoms. The lowest BCUT2D eigenvalue weighted by Crippen LogP contribution is -2.48. The fourth-order valence-electron chi connectivity index (χ4n) is 2.78. The number of nitro groups is 1. The number of halogens is 1. The lowest BCUT2D eigenvalue weighted by Gasteiger charge is -2.36. The number of carbonyl (C=O) groups excluding carboxylic acids is 1. The Morgan fingerprint density at radius 3 is 2.42 bits per heavy atom. The van der Waals surface area contributed by atoms with Crippen LogP contribution in [-0.2, 0) is 0 Å². The maximum atomic E-state index is 13.2. The first kappa shape index (κ1) is 15.9. The Morgan fingerprint density at radius 1 is 1.04 bits per heavy atom. The average Bonchev–Trinajstić information content (AvgIpc) is 2.61. The van der Waals surface area contributed by atoms with Crippen molar-refractivity contribution in [2.45, 2.75) is 0 Å². The van der Waals surface area contributed by atoms with Gasteiger partial charge in [-0.15, -0.1) is 0 Å². The van der Waals surface area contributed by atoms with Gasteiger partial charge in [0.25, 0.3) is 11.6 Å². The van der Waals surface area contributed by atoms with Gasteiger partial charge >= 0.3 is 0 Å². The zero-order valence-corrected chi connectivity index (χ0v) is 12.9. The van der Waals surface area contributed by atoms with Crippen molar-refractivity contribution >= 4 is 17.3 Å². The first-order chi connectivity index (χ1) is 11.5. The third-order valence-corrected chi connectivity index (χ3v) is 4.04. The van der Waals surface area contributed by atoms with Gasteiger partial charge in [-0.1, -0.05) is 12.1 Å². The molecule has 0 saturated carbocycles. The van der Waals surface area contributed by atoms with Crippen LogP contribution in [0.5, 0.6) is 0 Å². The first-order valence-electron chi connectivity index (χ1n) is 7.59. The van der Waals surface area contributed by atoms with Crippen LogP contribution in [-0.4, -0.2) is 41.9 Å². The molecule has 0 bridgehead atoms. The maximum absolute atomic E-state index is 13.2. The molecule has 0 spiro atoms. The van der Waals surface area contributed by atoms with Gasteiger partial charge in [-0.05, 0) is 24.3 Å². The highest BCUT2D eigenvalue weighted by Crippen LogP contribution is 2.22. The number of non-ortho nitro benzene ring substituents is 1. The molecule has 6 nitrogen and oxygen atoms in total. The van der Waals surface area contributed by atoms with Gasteiger partial charge in [0.2, 0.25) is 0 Å². The van der Waals surface area contributed by atoms with Crippen LogP contribution in [0.3, 0.4) is 0 Å². The van der Waals surface area contributed by atoms with Crippen LogP contribution in [0, 0.1) is 15.9 Å². The van der Waals surface area contributed by atoms with E-state index in [9.17, 15) is 19.3 Å². The number of nitrogens with zero attached hydrogens (tertiary/aromatic N) is 3. The van der Waals surface area contributed by atoms with Crippen molar-refractivity contribution < 1.29 is 14.1 Å². The highest BCUT2D eigenvalue weighted by Gasteiger charge is 2.23. The molecule has 2 aromatic rings. The standard InChI is InChI=1S/C17H16FN3O3/c18-14-4-1-3-13(11-14)17(22)20-9-7-19(8-10-20)15-5-2-6-16(12-15)21(23)24/h1-6,11-12H,7-10H2. The lowest BCUT2D eigenvalue weighted by atomic mass is 10.1. The Hall–Kier alpha value is -2.96. The van der Waals surface area contributed by atoms with Crippen molar-refractivity contribution in [1.29, 1.82) is 0 Å². The van der Waals surface area contributed by atoms with E-state index in [0.717, 1.165) is 5.69 Å². The molecule has 0 radical (unpaired) electrons. The number of benzene rings is 2. The largest absolute Gasteiger partial charge is 0.368 e. The van der Waals surface area contributed by atoms with Crippen molar-refractivity contribution in [1.82, 2.24) is 4.90 Å². The predicted molar refractivity (Wildman–Crippen MR) is 87.6 cm³/mol. The van der Waals surface area contributed by atoms with E-state index in [1.54, 1.807) is 17.0 Å². The Morgan fingerprint density at radius 2 is 1.75 bits per heavy atom. The normalized spacial score (nSPS) is 14.5. The molecule has 1 aliphatic heterocycles. The monoisotopic (exact) mass is 329 g/mol. The zero-order valence-electron chi connectivity index (χ0n) is 12.9. The molecule has 24 heavy (non-hydrogen) atoms. The van der Waals surface area contributed by atoms with Gasteiger partial charge in [-0.2, -0.15) is 0 Å². The fraction of sp³-hybridized carbons (Fsp3) is 0.235. The van der Waals surface area contributed by atoms with Crippen molar-refractivity contribution in [2.75, 3.05) is 31.1 Å². The summed E-state index contributed by atoms with van der Waals surface area (Å²) in [5.41, 5.74) is 1.15. The molecule has 0 atom stereocenters. The van der Waals surface area contributed by atoms with Gasteiger partial charge in [0.05, 0.1) is 4.92 Å². The second-order valence-electron chi connectivity index (χ2n) is 5.57. The molecular formula is C17H16FN3O3. The van der Waals surface area contributed by atoms with E-state index >= 15 is 0 Å². The molecule has 124 valence electrons. The number of rotatable bonds is 3. The zero-order chi connectivity index (χ0) is 17.1. The van der Waals surface area contributed by atoms with E-state index in [1.165, 1.54) is 30.3 Å². The van der Waals surface area contributed by atoms with Gasteiger partial charge in [-0.3, -0.25) is 14.9 Å². The molecule has 1 amide bonds. The Bertz CT molecular complexity index is 773. The molecule has 1 saturated heterocycles. The third-order valence-electron chi connectivity index (χ3n) is 4.04. The Kier molecular flexibility index (Phi) is 4.41. The molecule has 1 heterocycles. The summed E-state index contributed by atoms with van der Waals surface area (Å²) in [5.74, 6) is -0.635. The molecule has 1 aliphatic rings. The molecule has 2 aromatic carbocycles. The quantitative estimate of drug-likeness (QED) is 0.641. The Balaban J connectivity index is 1.66. The highest BCUT2D eigenvalue weighted by atomic mass is 19.1. The minimum Gasteiger partial charge on any atom is -0.368 e. The number of amides is 1. The van der Waals surface area contributed by atoms with Crippen LogP contribution < -0.4 is 4.90 Å². The van der Waals surface area contributed by atoms with Crippen LogP contribution in [0.4, 0.5) is 15.8 Å². The minimum absolute atomic E-state index is 0.0470. The van der Waals surface area contributed by atoms with Gasteiger partial charge in [0.1, 0.15) is 5.82 Å². The number of carbonyl (C=O) groups is 1. The van der Waals surface area contributed by atoms with Crippen LogP contribution in [0.25, 0.3) is 0 Å². The summed E-state index contributed by atoms with van der Waals surface area (Å²) >= 11 is 0. The van der Waals surface area contributed by atoms with Gasteiger partial charge < -0.3 is 9.80 Å². The van der Waals surface area contributed by atoms with Crippen LogP contribution >= 0.6 is 0 Å². The summed E-state index contributed by atoms with van der Waals surface area (Å²) in [6.07, 6.45) is 0. The van der Waals surface area contributed by atoms with Crippen LogP contribution in [0.1, 0.15) is 10.4 Å². The lowest BCUT2D eigenvalue weighted by molar-refractivity contribution is -0.384. The number of nitro benzene ring substituents is 1. The van der Waals surface area contributed by atoms with E-state index in [1.807, 2.05) is 11.0 Å². The second kappa shape index (κ2) is 6.66. The van der Waals surface area contributed by atoms with Crippen molar-refractivity contribution in [3.8, 4) is 0 Å². The van der Waals surface area contributed by atoms with Gasteiger partial charge in [0, 0.05) is 49.6 Å². The fourth-order valence-corrected chi connectivity index (χ4v) is 2.78. The SMILES string of the molecule is O=C(c1cccc(F)c1)N1CCN(c2cccc([N+](=O)[O-])c2)CC1. The molecule has 0 aliphatic carbocycles. The summed E-state index contributed by atoms with van der Waals surface area (Å²) in [5, 5.41) is 10.9. The number of piperazine rings is 1. The topological polar surface area (TPSA) is 66.7 Å². The maximum Gasteiger partial charge on any atom is 0.271 e. The van der Waals surface area contributed by atoms with E-state index in [4.69, 9.17) is 0 Å². The molecule has 3 rings (SSSR count). The van der Waals surface area contributed by atoms with Crippen molar-refractivity contribution in [2.24, 2.45) is 0 Å². The van der Waals surface area contributed by atoms with E-state index in [2.05, 4.69) is 0 Å². The molecular weight excluding hydrogens is 313 g/mol. The summed E-state index contributed by atoms with van der Waals surface area (Å²) in [6, 6.07) is 12.1.